The molecule has 0 unspecified atom stereocenters. The average molecular weight is 386 g/mol. The molecule has 1 saturated heterocycles. The van der Waals surface area contributed by atoms with Crippen molar-refractivity contribution in [2.24, 2.45) is 0 Å². The van der Waals surface area contributed by atoms with E-state index in [2.05, 4.69) is 10.6 Å². The second-order valence-corrected chi connectivity index (χ2v) is 6.14. The normalized spacial score (nSPS) is 15.0. The Kier molecular flexibility index (Phi) is 5.42. The van der Waals surface area contributed by atoms with Crippen LogP contribution in [0.4, 0.5) is 10.5 Å². The molecule has 4 amide bonds. The van der Waals surface area contributed by atoms with Crippen LogP contribution in [0.3, 0.4) is 0 Å². The molecular formula is C19H16ClN3O4. The highest BCUT2D eigenvalue weighted by atomic mass is 35.5. The molecule has 8 heteroatoms. The van der Waals surface area contributed by atoms with Crippen molar-refractivity contribution in [2.45, 2.75) is 0 Å². The first kappa shape index (κ1) is 18.5. The van der Waals surface area contributed by atoms with Gasteiger partial charge in [0.2, 0.25) is 5.91 Å². The molecule has 138 valence electrons. The number of rotatable bonds is 5. The third-order valence-corrected chi connectivity index (χ3v) is 4.07. The van der Waals surface area contributed by atoms with Crippen molar-refractivity contribution >= 4 is 41.2 Å². The summed E-state index contributed by atoms with van der Waals surface area (Å²) in [5.74, 6) is -0.381. The van der Waals surface area contributed by atoms with Crippen LogP contribution in [0.25, 0.3) is 6.08 Å². The first-order valence-electron chi connectivity index (χ1n) is 8.00. The van der Waals surface area contributed by atoms with E-state index in [4.69, 9.17) is 16.3 Å². The summed E-state index contributed by atoms with van der Waals surface area (Å²) < 4.78 is 5.08. The Bertz CT molecular complexity index is 908. The number of nitrogens with one attached hydrogen (secondary N) is 2. The Morgan fingerprint density at radius 3 is 2.44 bits per heavy atom. The molecule has 7 nitrogen and oxygen atoms in total. The standard InChI is InChI=1S/C19H16ClN3O4/c1-27-15-8-2-12(3-9-15)10-16-18(25)23(19(26)22-16)11-17(24)21-14-6-4-13(20)5-7-14/h2-10H,11H2,1H3,(H,21,24)(H,22,26)/b16-10-. The molecule has 3 rings (SSSR count). The minimum atomic E-state index is -0.647. The van der Waals surface area contributed by atoms with E-state index in [1.165, 1.54) is 6.08 Å². The van der Waals surface area contributed by atoms with E-state index in [0.717, 1.165) is 4.90 Å². The van der Waals surface area contributed by atoms with E-state index >= 15 is 0 Å². The van der Waals surface area contributed by atoms with Crippen molar-refractivity contribution in [3.05, 3.63) is 64.8 Å². The molecule has 2 N–H and O–H groups in total. The third-order valence-electron chi connectivity index (χ3n) is 3.82. The fraction of sp³-hybridized carbons (Fsp3) is 0.105. The molecule has 1 aliphatic heterocycles. The van der Waals surface area contributed by atoms with Gasteiger partial charge in [-0.2, -0.15) is 0 Å². The number of amides is 4. The largest absolute Gasteiger partial charge is 0.497 e. The molecule has 0 spiro atoms. The lowest BCUT2D eigenvalue weighted by molar-refractivity contribution is -0.127. The molecule has 1 heterocycles. The maximum atomic E-state index is 12.4. The number of hydrogen-bond donors (Lipinski definition) is 2. The first-order chi connectivity index (χ1) is 13.0. The molecule has 0 bridgehead atoms. The van der Waals surface area contributed by atoms with Crippen LogP contribution in [0.1, 0.15) is 5.56 Å². The fourth-order valence-electron chi connectivity index (χ4n) is 2.46. The maximum absolute atomic E-state index is 12.4. The molecular weight excluding hydrogens is 370 g/mol. The van der Waals surface area contributed by atoms with Crippen LogP contribution in [0.15, 0.2) is 54.2 Å². The van der Waals surface area contributed by atoms with Crippen LogP contribution in [0.5, 0.6) is 5.75 Å². The maximum Gasteiger partial charge on any atom is 0.329 e. The van der Waals surface area contributed by atoms with Crippen LogP contribution in [0, 0.1) is 0 Å². The van der Waals surface area contributed by atoms with Crippen LogP contribution in [-0.2, 0) is 9.59 Å². The number of imide groups is 1. The Labute approximate surface area is 160 Å². The second kappa shape index (κ2) is 7.92. The van der Waals surface area contributed by atoms with E-state index in [0.29, 0.717) is 22.0 Å². The number of halogens is 1. The number of methoxy groups -OCH3 is 1. The van der Waals surface area contributed by atoms with Crippen molar-refractivity contribution in [1.29, 1.82) is 0 Å². The molecule has 1 aliphatic rings. The van der Waals surface area contributed by atoms with Crippen LogP contribution in [-0.4, -0.2) is 36.4 Å². The van der Waals surface area contributed by atoms with Crippen molar-refractivity contribution in [2.75, 3.05) is 19.0 Å². The number of carbonyl (C=O) groups is 3. The second-order valence-electron chi connectivity index (χ2n) is 5.71. The van der Waals surface area contributed by atoms with Gasteiger partial charge in [0.05, 0.1) is 7.11 Å². The highest BCUT2D eigenvalue weighted by Gasteiger charge is 2.34. The minimum Gasteiger partial charge on any atom is -0.497 e. The number of hydrogen-bond acceptors (Lipinski definition) is 4. The van der Waals surface area contributed by atoms with E-state index in [1.54, 1.807) is 55.6 Å². The minimum absolute atomic E-state index is 0.101. The lowest BCUT2D eigenvalue weighted by atomic mass is 10.2. The zero-order valence-electron chi connectivity index (χ0n) is 14.4. The number of ether oxygens (including phenoxy) is 1. The zero-order valence-corrected chi connectivity index (χ0v) is 15.1. The summed E-state index contributed by atoms with van der Waals surface area (Å²) in [7, 11) is 1.56. The van der Waals surface area contributed by atoms with Crippen molar-refractivity contribution in [1.82, 2.24) is 10.2 Å². The monoisotopic (exact) mass is 385 g/mol. The molecule has 2 aromatic rings. The van der Waals surface area contributed by atoms with Gasteiger partial charge in [-0.15, -0.1) is 0 Å². The van der Waals surface area contributed by atoms with Gasteiger partial charge in [-0.25, -0.2) is 9.69 Å². The first-order valence-corrected chi connectivity index (χ1v) is 8.38. The summed E-state index contributed by atoms with van der Waals surface area (Å²) in [5, 5.41) is 5.62. The highest BCUT2D eigenvalue weighted by Crippen LogP contribution is 2.17. The van der Waals surface area contributed by atoms with Crippen LogP contribution in [0.2, 0.25) is 5.02 Å². The van der Waals surface area contributed by atoms with Gasteiger partial charge in [0.1, 0.15) is 18.0 Å². The highest BCUT2D eigenvalue weighted by molar-refractivity contribution is 6.30. The predicted molar refractivity (Wildman–Crippen MR) is 101 cm³/mol. The van der Waals surface area contributed by atoms with Gasteiger partial charge in [0.25, 0.3) is 5.91 Å². The van der Waals surface area contributed by atoms with Crippen molar-refractivity contribution in [3.63, 3.8) is 0 Å². The van der Waals surface area contributed by atoms with Gasteiger partial charge in [-0.05, 0) is 48.0 Å². The number of nitrogens with zero attached hydrogens (tertiary/aromatic N) is 1. The van der Waals surface area contributed by atoms with Crippen molar-refractivity contribution in [3.8, 4) is 5.75 Å². The Hall–Kier alpha value is -3.32. The zero-order chi connectivity index (χ0) is 19.4. The Morgan fingerprint density at radius 1 is 1.15 bits per heavy atom. The lowest BCUT2D eigenvalue weighted by Gasteiger charge is -2.12. The number of anilines is 1. The summed E-state index contributed by atoms with van der Waals surface area (Å²) >= 11 is 5.79. The molecule has 0 radical (unpaired) electrons. The Morgan fingerprint density at radius 2 is 1.81 bits per heavy atom. The summed E-state index contributed by atoms with van der Waals surface area (Å²) in [6, 6.07) is 12.8. The molecule has 0 saturated carbocycles. The summed E-state index contributed by atoms with van der Waals surface area (Å²) in [6.45, 7) is -0.396. The number of urea groups is 1. The van der Waals surface area contributed by atoms with Gasteiger partial charge in [-0.1, -0.05) is 23.7 Å². The summed E-state index contributed by atoms with van der Waals surface area (Å²) in [5.41, 5.74) is 1.34. The number of carbonyl (C=O) groups excluding carboxylic acids is 3. The van der Waals surface area contributed by atoms with E-state index in [1.807, 2.05) is 0 Å². The summed E-state index contributed by atoms with van der Waals surface area (Å²) in [4.78, 5) is 37.5. The van der Waals surface area contributed by atoms with E-state index < -0.39 is 24.4 Å². The van der Waals surface area contributed by atoms with Crippen LogP contribution < -0.4 is 15.4 Å². The van der Waals surface area contributed by atoms with E-state index in [9.17, 15) is 14.4 Å². The molecule has 0 atom stereocenters. The molecule has 0 aromatic heterocycles. The third kappa shape index (κ3) is 4.45. The summed E-state index contributed by atoms with van der Waals surface area (Å²) in [6.07, 6.45) is 1.54. The predicted octanol–water partition coefficient (Wildman–Crippen LogP) is 2.88. The van der Waals surface area contributed by atoms with Gasteiger partial charge in [-0.3, -0.25) is 9.59 Å². The molecule has 2 aromatic carbocycles. The lowest BCUT2D eigenvalue weighted by Crippen LogP contribution is -2.38. The Balaban J connectivity index is 1.67. The van der Waals surface area contributed by atoms with Gasteiger partial charge >= 0.3 is 6.03 Å². The SMILES string of the molecule is COc1ccc(/C=C2\NC(=O)N(CC(=O)Nc3ccc(Cl)cc3)C2=O)cc1. The van der Waals surface area contributed by atoms with Gasteiger partial charge < -0.3 is 15.4 Å². The molecule has 0 aliphatic carbocycles. The fourth-order valence-corrected chi connectivity index (χ4v) is 2.59. The molecule has 1 fully saturated rings. The van der Waals surface area contributed by atoms with E-state index in [-0.39, 0.29) is 5.70 Å². The number of benzene rings is 2. The topological polar surface area (TPSA) is 87.7 Å². The van der Waals surface area contributed by atoms with Gasteiger partial charge in [0.15, 0.2) is 0 Å². The quantitative estimate of drug-likeness (QED) is 0.612. The van der Waals surface area contributed by atoms with Gasteiger partial charge in [0, 0.05) is 10.7 Å². The van der Waals surface area contributed by atoms with Crippen LogP contribution >= 0.6 is 11.6 Å². The smallest absolute Gasteiger partial charge is 0.329 e. The average Bonchev–Trinajstić information content (AvgIpc) is 2.91. The van der Waals surface area contributed by atoms with Crippen molar-refractivity contribution < 1.29 is 19.1 Å². The molecule has 27 heavy (non-hydrogen) atoms.